The van der Waals surface area contributed by atoms with Crippen molar-refractivity contribution in [2.24, 2.45) is 0 Å². The highest BCUT2D eigenvalue weighted by Crippen LogP contribution is 2.34. The highest BCUT2D eigenvalue weighted by Gasteiger charge is 2.17. The van der Waals surface area contributed by atoms with E-state index in [2.05, 4.69) is 26.3 Å². The van der Waals surface area contributed by atoms with Crippen LogP contribution in [0.25, 0.3) is 11.3 Å². The molecule has 1 unspecified atom stereocenters. The molecule has 0 radical (unpaired) electrons. The lowest BCUT2D eigenvalue weighted by molar-refractivity contribution is -0.137. The molecule has 0 fully saturated rings. The van der Waals surface area contributed by atoms with Gasteiger partial charge in [-0.15, -0.1) is 0 Å². The number of rotatable bonds is 9. The zero-order chi connectivity index (χ0) is 22.2. The second-order valence-electron chi connectivity index (χ2n) is 6.86. The van der Waals surface area contributed by atoms with Crippen LogP contribution in [0, 0.1) is 11.3 Å². The molecular formula is C23H23N5O3. The average Bonchev–Trinajstić information content (AvgIpc) is 2.79. The van der Waals surface area contributed by atoms with E-state index >= 15 is 0 Å². The minimum absolute atomic E-state index is 0.0522. The maximum Gasteiger partial charge on any atom is 0.316 e. The maximum atomic E-state index is 11.3. The Kier molecular flexibility index (Phi) is 7.12. The van der Waals surface area contributed by atoms with Crippen LogP contribution in [-0.4, -0.2) is 32.6 Å². The van der Waals surface area contributed by atoms with E-state index in [0.717, 1.165) is 16.8 Å². The monoisotopic (exact) mass is 417 g/mol. The Hall–Kier alpha value is -3.99. The number of hydrogen-bond donors (Lipinski definition) is 2. The van der Waals surface area contributed by atoms with Gasteiger partial charge in [-0.2, -0.15) is 5.26 Å². The predicted octanol–water partition coefficient (Wildman–Crippen LogP) is 4.52. The first-order chi connectivity index (χ1) is 15.0. The number of benzene rings is 1. The van der Waals surface area contributed by atoms with Crippen LogP contribution in [0.1, 0.15) is 43.7 Å². The molecule has 158 valence electrons. The van der Waals surface area contributed by atoms with E-state index in [4.69, 9.17) is 10.00 Å². The third kappa shape index (κ3) is 5.54. The number of anilines is 2. The van der Waals surface area contributed by atoms with Gasteiger partial charge in [0.25, 0.3) is 0 Å². The van der Waals surface area contributed by atoms with Gasteiger partial charge >= 0.3 is 12.0 Å². The summed E-state index contributed by atoms with van der Waals surface area (Å²) in [5, 5.41) is 21.6. The largest absolute Gasteiger partial charge is 0.481 e. The fourth-order valence-corrected chi connectivity index (χ4v) is 3.21. The average molecular weight is 417 g/mol. The Morgan fingerprint density at radius 1 is 1.16 bits per heavy atom. The molecule has 0 spiro atoms. The lowest BCUT2D eigenvalue weighted by atomic mass is 9.91. The van der Waals surface area contributed by atoms with E-state index in [1.54, 1.807) is 24.5 Å². The third-order valence-electron chi connectivity index (χ3n) is 4.78. The number of nitrogens with zero attached hydrogens (tertiary/aromatic N) is 4. The zero-order valence-corrected chi connectivity index (χ0v) is 17.4. The molecule has 8 heteroatoms. The summed E-state index contributed by atoms with van der Waals surface area (Å²) < 4.78 is 5.29. The van der Waals surface area contributed by atoms with E-state index in [0.29, 0.717) is 36.0 Å². The number of nitriles is 1. The molecule has 0 aliphatic carbocycles. The number of ether oxygens (including phenoxy) is 1. The molecule has 2 heterocycles. The first kappa shape index (κ1) is 21.7. The fourth-order valence-electron chi connectivity index (χ4n) is 3.21. The summed E-state index contributed by atoms with van der Waals surface area (Å²) in [4.78, 5) is 24.0. The summed E-state index contributed by atoms with van der Waals surface area (Å²) in [6.45, 7) is 4.31. The molecule has 0 amide bonds. The molecule has 1 aromatic carbocycles. The first-order valence-corrected chi connectivity index (χ1v) is 9.98. The number of carbonyl (C=O) groups is 1. The number of aliphatic carboxylic acids is 1. The standard InChI is InChI=1S/C23H23N5O3/c1-3-16(10-22(29)30)17-6-7-19(20-8-5-15(11-24)12-25-20)21(9-17)28-18-13-26-23(27-14-18)31-4-2/h5-9,12-14,16,28H,3-4,10H2,1-2H3,(H,29,30). The SMILES string of the molecule is CCOc1ncc(Nc2cc(C(CC)CC(=O)O)ccc2-c2ccc(C#N)cn2)cn1. The summed E-state index contributed by atoms with van der Waals surface area (Å²) in [5.41, 5.74) is 4.28. The number of aromatic nitrogens is 3. The van der Waals surface area contributed by atoms with Crippen molar-refractivity contribution in [2.45, 2.75) is 32.6 Å². The van der Waals surface area contributed by atoms with Crippen LogP contribution in [0.2, 0.25) is 0 Å². The fraction of sp³-hybridized carbons (Fsp3) is 0.261. The minimum atomic E-state index is -0.834. The van der Waals surface area contributed by atoms with Crippen LogP contribution in [0.4, 0.5) is 11.4 Å². The third-order valence-corrected chi connectivity index (χ3v) is 4.78. The van der Waals surface area contributed by atoms with E-state index in [1.165, 1.54) is 6.20 Å². The lowest BCUT2D eigenvalue weighted by Crippen LogP contribution is -2.06. The highest BCUT2D eigenvalue weighted by atomic mass is 16.5. The molecule has 0 aliphatic heterocycles. The smallest absolute Gasteiger partial charge is 0.316 e. The van der Waals surface area contributed by atoms with E-state index in [9.17, 15) is 9.90 Å². The van der Waals surface area contributed by atoms with Crippen molar-refractivity contribution < 1.29 is 14.6 Å². The van der Waals surface area contributed by atoms with E-state index < -0.39 is 5.97 Å². The van der Waals surface area contributed by atoms with Gasteiger partial charge in [-0.1, -0.05) is 19.1 Å². The summed E-state index contributed by atoms with van der Waals surface area (Å²) in [7, 11) is 0. The number of hydrogen-bond acceptors (Lipinski definition) is 7. The quantitative estimate of drug-likeness (QED) is 0.521. The van der Waals surface area contributed by atoms with Gasteiger partial charge in [0, 0.05) is 17.4 Å². The second-order valence-corrected chi connectivity index (χ2v) is 6.86. The van der Waals surface area contributed by atoms with Crippen LogP contribution in [0.5, 0.6) is 6.01 Å². The highest BCUT2D eigenvalue weighted by molar-refractivity contribution is 5.80. The topological polar surface area (TPSA) is 121 Å². The normalized spacial score (nSPS) is 11.4. The Morgan fingerprint density at radius 2 is 1.94 bits per heavy atom. The first-order valence-electron chi connectivity index (χ1n) is 9.98. The Bertz CT molecular complexity index is 1080. The van der Waals surface area contributed by atoms with Gasteiger partial charge in [0.15, 0.2) is 0 Å². The van der Waals surface area contributed by atoms with Crippen molar-refractivity contribution in [2.75, 3.05) is 11.9 Å². The predicted molar refractivity (Wildman–Crippen MR) is 116 cm³/mol. The van der Waals surface area contributed by atoms with Crippen molar-refractivity contribution in [1.29, 1.82) is 5.26 Å². The number of carboxylic acid groups (broad SMARTS) is 1. The summed E-state index contributed by atoms with van der Waals surface area (Å²) in [6.07, 6.45) is 5.51. The minimum Gasteiger partial charge on any atom is -0.481 e. The Labute approximate surface area is 180 Å². The molecule has 2 aromatic heterocycles. The second kappa shape index (κ2) is 10.2. The van der Waals surface area contributed by atoms with E-state index in [-0.39, 0.29) is 12.3 Å². The Morgan fingerprint density at radius 3 is 2.52 bits per heavy atom. The zero-order valence-electron chi connectivity index (χ0n) is 17.4. The van der Waals surface area contributed by atoms with Crippen LogP contribution in [0.15, 0.2) is 48.9 Å². The van der Waals surface area contributed by atoms with Crippen LogP contribution in [0.3, 0.4) is 0 Å². The molecule has 0 saturated heterocycles. The van der Waals surface area contributed by atoms with E-state index in [1.807, 2.05) is 32.0 Å². The molecule has 2 N–H and O–H groups in total. The van der Waals surface area contributed by atoms with Gasteiger partial charge in [0.1, 0.15) is 6.07 Å². The number of pyridine rings is 1. The van der Waals surface area contributed by atoms with Crippen LogP contribution < -0.4 is 10.1 Å². The summed E-state index contributed by atoms with van der Waals surface area (Å²) in [6, 6.07) is 11.6. The van der Waals surface area contributed by atoms with Gasteiger partial charge in [-0.3, -0.25) is 9.78 Å². The van der Waals surface area contributed by atoms with Gasteiger partial charge in [-0.05, 0) is 43.0 Å². The molecule has 3 rings (SSSR count). The molecule has 0 bridgehead atoms. The van der Waals surface area contributed by atoms with Gasteiger partial charge in [-0.25, -0.2) is 9.97 Å². The molecule has 31 heavy (non-hydrogen) atoms. The van der Waals surface area contributed by atoms with Gasteiger partial charge in [0.2, 0.25) is 0 Å². The Balaban J connectivity index is 2.00. The van der Waals surface area contributed by atoms with Crippen molar-refractivity contribution in [3.05, 3.63) is 60.0 Å². The van der Waals surface area contributed by atoms with Crippen molar-refractivity contribution in [3.63, 3.8) is 0 Å². The van der Waals surface area contributed by atoms with Crippen molar-refractivity contribution in [3.8, 4) is 23.3 Å². The summed E-state index contributed by atoms with van der Waals surface area (Å²) in [5.74, 6) is -0.947. The number of carboxylic acids is 1. The molecular weight excluding hydrogens is 394 g/mol. The van der Waals surface area contributed by atoms with Crippen molar-refractivity contribution in [1.82, 2.24) is 15.0 Å². The van der Waals surface area contributed by atoms with Crippen LogP contribution >= 0.6 is 0 Å². The number of nitrogens with one attached hydrogen (secondary N) is 1. The summed E-state index contributed by atoms with van der Waals surface area (Å²) >= 11 is 0. The van der Waals surface area contributed by atoms with Crippen LogP contribution in [-0.2, 0) is 4.79 Å². The van der Waals surface area contributed by atoms with Crippen molar-refractivity contribution >= 4 is 17.3 Å². The molecule has 0 saturated carbocycles. The van der Waals surface area contributed by atoms with Gasteiger partial charge < -0.3 is 15.2 Å². The molecule has 1 atom stereocenters. The molecule has 3 aromatic rings. The lowest BCUT2D eigenvalue weighted by Gasteiger charge is -2.18. The molecule has 8 nitrogen and oxygen atoms in total. The maximum absolute atomic E-state index is 11.3. The van der Waals surface area contributed by atoms with Gasteiger partial charge in [0.05, 0.1) is 42.4 Å². The molecule has 0 aliphatic rings.